The lowest BCUT2D eigenvalue weighted by molar-refractivity contribution is -0.141. The molecule has 3 rings (SSSR count). The van der Waals surface area contributed by atoms with Gasteiger partial charge in [0.15, 0.2) is 5.78 Å². The van der Waals surface area contributed by atoms with Crippen molar-refractivity contribution in [2.24, 2.45) is 13.0 Å². The number of ketones is 1. The average molecular weight is 462 g/mol. The van der Waals surface area contributed by atoms with E-state index in [2.05, 4.69) is 11.1 Å². The SMILES string of the molecule is COC(=O)C[C@@H](C)CC(=O)c1c(CCCCOCc2ccccc2)n(C)c2ncc(C#N)cc12. The maximum absolute atomic E-state index is 13.4. The quantitative estimate of drug-likeness (QED) is 0.219. The number of Topliss-reactive ketones (excluding diaryl/α,β-unsaturated/α-hetero) is 1. The lowest BCUT2D eigenvalue weighted by Crippen LogP contribution is -2.13. The molecule has 0 aliphatic carbocycles. The summed E-state index contributed by atoms with van der Waals surface area (Å²) in [4.78, 5) is 29.4. The number of aromatic nitrogens is 2. The lowest BCUT2D eigenvalue weighted by atomic mass is 9.94. The van der Waals surface area contributed by atoms with E-state index in [1.807, 2.05) is 48.9 Å². The van der Waals surface area contributed by atoms with Crippen LogP contribution in [0.4, 0.5) is 0 Å². The second-order valence-corrected chi connectivity index (χ2v) is 8.60. The van der Waals surface area contributed by atoms with E-state index >= 15 is 0 Å². The van der Waals surface area contributed by atoms with E-state index in [1.165, 1.54) is 13.3 Å². The van der Waals surface area contributed by atoms with Crippen molar-refractivity contribution >= 4 is 22.8 Å². The Labute approximate surface area is 200 Å². The number of pyridine rings is 1. The minimum Gasteiger partial charge on any atom is -0.469 e. The summed E-state index contributed by atoms with van der Waals surface area (Å²) in [5.74, 6) is -0.529. The Hall–Kier alpha value is -3.50. The van der Waals surface area contributed by atoms with E-state index in [-0.39, 0.29) is 30.5 Å². The highest BCUT2D eigenvalue weighted by Crippen LogP contribution is 2.29. The Kier molecular flexibility index (Phi) is 8.94. The predicted octanol–water partition coefficient (Wildman–Crippen LogP) is 4.76. The van der Waals surface area contributed by atoms with Gasteiger partial charge in [0.25, 0.3) is 0 Å². The third kappa shape index (κ3) is 6.30. The summed E-state index contributed by atoms with van der Waals surface area (Å²) < 4.78 is 12.5. The first-order valence-corrected chi connectivity index (χ1v) is 11.5. The second-order valence-electron chi connectivity index (χ2n) is 8.60. The van der Waals surface area contributed by atoms with Gasteiger partial charge in [-0.25, -0.2) is 4.98 Å². The zero-order valence-corrected chi connectivity index (χ0v) is 20.0. The molecule has 0 radical (unpaired) electrons. The van der Waals surface area contributed by atoms with Crippen molar-refractivity contribution < 1.29 is 19.1 Å². The molecule has 2 heterocycles. The van der Waals surface area contributed by atoms with Crippen LogP contribution < -0.4 is 0 Å². The molecule has 2 aromatic heterocycles. The molecule has 3 aromatic rings. The molecule has 0 aliphatic rings. The standard InChI is InChI=1S/C27H31N3O4/c1-19(14-25(32)33-3)13-24(31)26-22-15-21(16-28)17-29-27(22)30(2)23(26)11-7-8-12-34-18-20-9-5-4-6-10-20/h4-6,9-10,15,17,19H,7-8,11-14,18H2,1-3H3/t19-/m0/s1. The molecule has 1 aromatic carbocycles. The third-order valence-corrected chi connectivity index (χ3v) is 5.90. The number of hydrogen-bond acceptors (Lipinski definition) is 6. The van der Waals surface area contributed by atoms with E-state index in [0.29, 0.717) is 41.8 Å². The number of carbonyl (C=O) groups excluding carboxylic acids is 2. The minimum absolute atomic E-state index is 0.0470. The van der Waals surface area contributed by atoms with Crippen LogP contribution in [-0.2, 0) is 34.3 Å². The van der Waals surface area contributed by atoms with Crippen LogP contribution in [-0.4, -0.2) is 35.0 Å². The fraction of sp³-hybridized carbons (Fsp3) is 0.407. The van der Waals surface area contributed by atoms with Gasteiger partial charge in [-0.2, -0.15) is 5.26 Å². The molecule has 0 aliphatic heterocycles. The molecule has 34 heavy (non-hydrogen) atoms. The van der Waals surface area contributed by atoms with Crippen molar-refractivity contribution in [2.45, 2.75) is 45.6 Å². The Balaban J connectivity index is 1.72. The van der Waals surface area contributed by atoms with Gasteiger partial charge in [-0.1, -0.05) is 37.3 Å². The van der Waals surface area contributed by atoms with Gasteiger partial charge >= 0.3 is 5.97 Å². The molecule has 0 saturated heterocycles. The molecular weight excluding hydrogens is 430 g/mol. The third-order valence-electron chi connectivity index (χ3n) is 5.90. The molecule has 0 N–H and O–H groups in total. The van der Waals surface area contributed by atoms with Crippen molar-refractivity contribution in [1.82, 2.24) is 9.55 Å². The van der Waals surface area contributed by atoms with Gasteiger partial charge in [-0.3, -0.25) is 9.59 Å². The van der Waals surface area contributed by atoms with Crippen LogP contribution in [0.1, 0.15) is 59.8 Å². The number of unbranched alkanes of at least 4 members (excludes halogenated alkanes) is 1. The number of nitriles is 1. The van der Waals surface area contributed by atoms with Crippen LogP contribution in [0.2, 0.25) is 0 Å². The molecule has 0 spiro atoms. The van der Waals surface area contributed by atoms with Crippen LogP contribution in [0, 0.1) is 17.2 Å². The Morgan fingerprint density at radius 1 is 1.18 bits per heavy atom. The summed E-state index contributed by atoms with van der Waals surface area (Å²) >= 11 is 0. The summed E-state index contributed by atoms with van der Waals surface area (Å²) in [7, 11) is 3.25. The number of aryl methyl sites for hydroxylation is 1. The largest absolute Gasteiger partial charge is 0.469 e. The fourth-order valence-electron chi connectivity index (χ4n) is 4.14. The average Bonchev–Trinajstić information content (AvgIpc) is 3.12. The number of rotatable bonds is 12. The first-order chi connectivity index (χ1) is 16.4. The number of nitrogens with zero attached hydrogens (tertiary/aromatic N) is 3. The molecule has 7 heteroatoms. The van der Waals surface area contributed by atoms with Gasteiger partial charge in [0.05, 0.1) is 19.3 Å². The molecule has 0 bridgehead atoms. The van der Waals surface area contributed by atoms with E-state index in [0.717, 1.165) is 24.1 Å². The number of ether oxygens (including phenoxy) is 2. The highest BCUT2D eigenvalue weighted by molar-refractivity contribution is 6.09. The number of methoxy groups -OCH3 is 1. The van der Waals surface area contributed by atoms with Crippen molar-refractivity contribution in [1.29, 1.82) is 5.26 Å². The zero-order chi connectivity index (χ0) is 24.5. The maximum atomic E-state index is 13.4. The van der Waals surface area contributed by atoms with Gasteiger partial charge in [-0.05, 0) is 36.8 Å². The van der Waals surface area contributed by atoms with Crippen LogP contribution in [0.5, 0.6) is 0 Å². The Morgan fingerprint density at radius 2 is 1.94 bits per heavy atom. The highest BCUT2D eigenvalue weighted by atomic mass is 16.5. The van der Waals surface area contributed by atoms with Crippen molar-refractivity contribution in [3.05, 3.63) is 65.0 Å². The van der Waals surface area contributed by atoms with Crippen LogP contribution in [0.25, 0.3) is 11.0 Å². The first-order valence-electron chi connectivity index (χ1n) is 11.5. The van der Waals surface area contributed by atoms with Gasteiger partial charge in [-0.15, -0.1) is 0 Å². The zero-order valence-electron chi connectivity index (χ0n) is 20.0. The van der Waals surface area contributed by atoms with Gasteiger partial charge in [0, 0.05) is 49.3 Å². The normalized spacial score (nSPS) is 11.8. The summed E-state index contributed by atoms with van der Waals surface area (Å²) in [6, 6.07) is 13.9. The number of esters is 1. The monoisotopic (exact) mass is 461 g/mol. The fourth-order valence-corrected chi connectivity index (χ4v) is 4.14. The van der Waals surface area contributed by atoms with Crippen molar-refractivity contribution in [3.8, 4) is 6.07 Å². The topological polar surface area (TPSA) is 94.2 Å². The molecule has 0 fully saturated rings. The summed E-state index contributed by atoms with van der Waals surface area (Å²) in [6.07, 6.45) is 4.33. The molecule has 0 saturated carbocycles. The van der Waals surface area contributed by atoms with Crippen LogP contribution >= 0.6 is 0 Å². The van der Waals surface area contributed by atoms with E-state index < -0.39 is 0 Å². The summed E-state index contributed by atoms with van der Waals surface area (Å²) in [5, 5.41) is 10.0. The predicted molar refractivity (Wildman–Crippen MR) is 129 cm³/mol. The van der Waals surface area contributed by atoms with Crippen LogP contribution in [0.3, 0.4) is 0 Å². The first kappa shape index (κ1) is 25.1. The van der Waals surface area contributed by atoms with Gasteiger partial charge < -0.3 is 14.0 Å². The smallest absolute Gasteiger partial charge is 0.305 e. The Morgan fingerprint density at radius 3 is 2.65 bits per heavy atom. The molecular formula is C27H31N3O4. The molecule has 7 nitrogen and oxygen atoms in total. The van der Waals surface area contributed by atoms with Gasteiger partial charge in [0.2, 0.25) is 0 Å². The number of carbonyl (C=O) groups is 2. The molecule has 0 amide bonds. The number of hydrogen-bond donors (Lipinski definition) is 0. The highest BCUT2D eigenvalue weighted by Gasteiger charge is 2.24. The van der Waals surface area contributed by atoms with Crippen molar-refractivity contribution in [2.75, 3.05) is 13.7 Å². The van der Waals surface area contributed by atoms with E-state index in [9.17, 15) is 14.9 Å². The maximum Gasteiger partial charge on any atom is 0.305 e. The van der Waals surface area contributed by atoms with Gasteiger partial charge in [0.1, 0.15) is 11.7 Å². The lowest BCUT2D eigenvalue weighted by Gasteiger charge is -2.11. The van der Waals surface area contributed by atoms with E-state index in [4.69, 9.17) is 9.47 Å². The van der Waals surface area contributed by atoms with Crippen LogP contribution in [0.15, 0.2) is 42.6 Å². The molecule has 0 unspecified atom stereocenters. The number of benzene rings is 1. The molecule has 1 atom stereocenters. The summed E-state index contributed by atoms with van der Waals surface area (Å²) in [6.45, 7) is 3.08. The number of fused-ring (bicyclic) bond motifs is 1. The summed E-state index contributed by atoms with van der Waals surface area (Å²) in [5.41, 5.74) is 3.73. The minimum atomic E-state index is -0.331. The van der Waals surface area contributed by atoms with Crippen molar-refractivity contribution in [3.63, 3.8) is 0 Å². The molecule has 178 valence electrons. The second kappa shape index (κ2) is 12.1. The van der Waals surface area contributed by atoms with E-state index in [1.54, 1.807) is 6.07 Å². The Bertz CT molecular complexity index is 1180.